The Labute approximate surface area is 119 Å². The lowest BCUT2D eigenvalue weighted by atomic mass is 10.2. The van der Waals surface area contributed by atoms with Gasteiger partial charge in [0, 0.05) is 30.7 Å². The number of pyridine rings is 1. The molecule has 2 heterocycles. The predicted octanol–water partition coefficient (Wildman–Crippen LogP) is 2.09. The molecule has 0 aliphatic carbocycles. The molecular formula is C15H11FN4O. The van der Waals surface area contributed by atoms with Gasteiger partial charge in [-0.2, -0.15) is 0 Å². The molecule has 0 aliphatic rings. The zero-order chi connectivity index (χ0) is 14.7. The van der Waals surface area contributed by atoms with E-state index in [1.165, 1.54) is 24.7 Å². The van der Waals surface area contributed by atoms with Crippen molar-refractivity contribution in [3.63, 3.8) is 0 Å². The van der Waals surface area contributed by atoms with E-state index in [0.717, 1.165) is 0 Å². The number of hydrogen-bond donors (Lipinski definition) is 1. The highest BCUT2D eigenvalue weighted by atomic mass is 19.1. The summed E-state index contributed by atoms with van der Waals surface area (Å²) in [5.74, 6) is -0.682. The number of nitrogens with zero attached hydrogens (tertiary/aromatic N) is 3. The Kier molecular flexibility index (Phi) is 3.51. The highest BCUT2D eigenvalue weighted by Crippen LogP contribution is 2.09. The largest absolute Gasteiger partial charge is 0.348 e. The molecule has 0 saturated heterocycles. The maximum atomic E-state index is 13.5. The second-order valence-electron chi connectivity index (χ2n) is 4.40. The third-order valence-corrected chi connectivity index (χ3v) is 2.98. The fourth-order valence-electron chi connectivity index (χ4n) is 1.90. The van der Waals surface area contributed by atoms with Crippen molar-refractivity contribution in [2.75, 3.05) is 0 Å². The van der Waals surface area contributed by atoms with E-state index in [0.29, 0.717) is 22.3 Å². The van der Waals surface area contributed by atoms with E-state index < -0.39 is 0 Å². The number of benzene rings is 1. The van der Waals surface area contributed by atoms with Gasteiger partial charge in [0.1, 0.15) is 11.3 Å². The van der Waals surface area contributed by atoms with Crippen LogP contribution in [0.3, 0.4) is 0 Å². The van der Waals surface area contributed by atoms with E-state index in [2.05, 4.69) is 20.3 Å². The molecule has 104 valence electrons. The quantitative estimate of drug-likeness (QED) is 0.798. The van der Waals surface area contributed by atoms with Crippen molar-refractivity contribution in [3.05, 3.63) is 65.9 Å². The van der Waals surface area contributed by atoms with Gasteiger partial charge in [-0.15, -0.1) is 0 Å². The van der Waals surface area contributed by atoms with Crippen LogP contribution in [0.4, 0.5) is 4.39 Å². The van der Waals surface area contributed by atoms with Gasteiger partial charge >= 0.3 is 0 Å². The Morgan fingerprint density at radius 1 is 1.14 bits per heavy atom. The van der Waals surface area contributed by atoms with Crippen molar-refractivity contribution in [2.24, 2.45) is 0 Å². The zero-order valence-corrected chi connectivity index (χ0v) is 11.0. The van der Waals surface area contributed by atoms with Gasteiger partial charge in [0.15, 0.2) is 5.65 Å². The van der Waals surface area contributed by atoms with E-state index in [9.17, 15) is 9.18 Å². The van der Waals surface area contributed by atoms with Crippen molar-refractivity contribution in [1.29, 1.82) is 0 Å². The van der Waals surface area contributed by atoms with Crippen molar-refractivity contribution < 1.29 is 9.18 Å². The summed E-state index contributed by atoms with van der Waals surface area (Å²) in [5.41, 5.74) is 1.80. The topological polar surface area (TPSA) is 67.8 Å². The summed E-state index contributed by atoms with van der Waals surface area (Å²) in [5, 5.41) is 2.65. The molecule has 0 fully saturated rings. The number of halogens is 1. The van der Waals surface area contributed by atoms with Gasteiger partial charge < -0.3 is 5.32 Å². The molecule has 3 rings (SSSR count). The van der Waals surface area contributed by atoms with E-state index >= 15 is 0 Å². The van der Waals surface area contributed by atoms with Crippen molar-refractivity contribution in [3.8, 4) is 0 Å². The standard InChI is InChI=1S/C15H11FN4O/c16-12-4-2-1-3-10(12)8-20-15(21)11-7-13-14(19-9-11)18-6-5-17-13/h1-7,9H,8H2,(H,20,21). The Morgan fingerprint density at radius 3 is 2.81 bits per heavy atom. The van der Waals surface area contributed by atoms with Crippen LogP contribution in [0.25, 0.3) is 11.2 Å². The van der Waals surface area contributed by atoms with Gasteiger partial charge in [0.25, 0.3) is 5.91 Å². The van der Waals surface area contributed by atoms with Gasteiger partial charge in [-0.1, -0.05) is 18.2 Å². The maximum absolute atomic E-state index is 13.5. The molecule has 1 N–H and O–H groups in total. The molecule has 0 bridgehead atoms. The molecule has 0 radical (unpaired) electrons. The fourth-order valence-corrected chi connectivity index (χ4v) is 1.90. The number of carbonyl (C=O) groups excluding carboxylic acids is 1. The van der Waals surface area contributed by atoms with Crippen LogP contribution in [0.15, 0.2) is 48.9 Å². The lowest BCUT2D eigenvalue weighted by Crippen LogP contribution is -2.23. The van der Waals surface area contributed by atoms with E-state index in [-0.39, 0.29) is 18.3 Å². The average Bonchev–Trinajstić information content (AvgIpc) is 2.53. The molecule has 0 atom stereocenters. The summed E-state index contributed by atoms with van der Waals surface area (Å²) in [4.78, 5) is 24.2. The van der Waals surface area contributed by atoms with E-state index in [1.54, 1.807) is 24.3 Å². The molecular weight excluding hydrogens is 271 g/mol. The highest BCUT2D eigenvalue weighted by molar-refractivity contribution is 5.96. The minimum Gasteiger partial charge on any atom is -0.348 e. The first-order valence-corrected chi connectivity index (χ1v) is 6.32. The average molecular weight is 282 g/mol. The summed E-state index contributed by atoms with van der Waals surface area (Å²) in [6.07, 6.45) is 4.49. The van der Waals surface area contributed by atoms with Crippen LogP contribution < -0.4 is 5.32 Å². The Morgan fingerprint density at radius 2 is 1.95 bits per heavy atom. The summed E-state index contributed by atoms with van der Waals surface area (Å²) >= 11 is 0. The Hall–Kier alpha value is -2.89. The van der Waals surface area contributed by atoms with E-state index in [4.69, 9.17) is 0 Å². The number of hydrogen-bond acceptors (Lipinski definition) is 4. The number of aromatic nitrogens is 3. The normalized spacial score (nSPS) is 10.5. The molecule has 5 nitrogen and oxygen atoms in total. The molecule has 0 saturated carbocycles. The smallest absolute Gasteiger partial charge is 0.253 e. The van der Waals surface area contributed by atoms with Gasteiger partial charge in [0.05, 0.1) is 5.56 Å². The first-order valence-electron chi connectivity index (χ1n) is 6.32. The molecule has 0 unspecified atom stereocenters. The summed E-state index contributed by atoms with van der Waals surface area (Å²) in [6.45, 7) is 0.115. The third kappa shape index (κ3) is 2.84. The van der Waals surface area contributed by atoms with Gasteiger partial charge in [-0.25, -0.2) is 14.4 Å². The molecule has 0 aliphatic heterocycles. The first kappa shape index (κ1) is 13.1. The van der Waals surface area contributed by atoms with Crippen molar-refractivity contribution >= 4 is 17.1 Å². The van der Waals surface area contributed by atoms with E-state index in [1.807, 2.05) is 0 Å². The first-order chi connectivity index (χ1) is 10.2. The van der Waals surface area contributed by atoms with Gasteiger partial charge in [-0.3, -0.25) is 9.78 Å². The number of fused-ring (bicyclic) bond motifs is 1. The fraction of sp³-hybridized carbons (Fsp3) is 0.0667. The van der Waals surface area contributed by atoms with Crippen LogP contribution in [0.1, 0.15) is 15.9 Å². The predicted molar refractivity (Wildman–Crippen MR) is 74.9 cm³/mol. The second-order valence-corrected chi connectivity index (χ2v) is 4.40. The molecule has 2 aromatic heterocycles. The zero-order valence-electron chi connectivity index (χ0n) is 11.0. The summed E-state index contributed by atoms with van der Waals surface area (Å²) < 4.78 is 13.5. The summed E-state index contributed by atoms with van der Waals surface area (Å²) in [6, 6.07) is 7.91. The van der Waals surface area contributed by atoms with Crippen molar-refractivity contribution in [1.82, 2.24) is 20.3 Å². The Bertz CT molecular complexity index is 806. The molecule has 0 spiro atoms. The van der Waals surface area contributed by atoms with Gasteiger partial charge in [0.2, 0.25) is 0 Å². The number of amides is 1. The maximum Gasteiger partial charge on any atom is 0.253 e. The number of nitrogens with one attached hydrogen (secondary N) is 1. The lowest BCUT2D eigenvalue weighted by molar-refractivity contribution is 0.0950. The minimum atomic E-state index is -0.347. The molecule has 6 heteroatoms. The molecule has 3 aromatic rings. The number of rotatable bonds is 3. The molecule has 1 amide bonds. The highest BCUT2D eigenvalue weighted by Gasteiger charge is 2.09. The third-order valence-electron chi connectivity index (χ3n) is 2.98. The Balaban J connectivity index is 1.76. The molecule has 1 aromatic carbocycles. The second kappa shape index (κ2) is 5.62. The van der Waals surface area contributed by atoms with Gasteiger partial charge in [-0.05, 0) is 12.1 Å². The molecule has 21 heavy (non-hydrogen) atoms. The van der Waals surface area contributed by atoms with Crippen molar-refractivity contribution in [2.45, 2.75) is 6.54 Å². The van der Waals surface area contributed by atoms with Crippen LogP contribution in [-0.4, -0.2) is 20.9 Å². The van der Waals surface area contributed by atoms with Crippen LogP contribution in [0.2, 0.25) is 0 Å². The van der Waals surface area contributed by atoms with Crippen LogP contribution in [-0.2, 0) is 6.54 Å². The van der Waals surface area contributed by atoms with Crippen LogP contribution >= 0.6 is 0 Å². The minimum absolute atomic E-state index is 0.115. The van der Waals surface area contributed by atoms with Crippen LogP contribution in [0, 0.1) is 5.82 Å². The van der Waals surface area contributed by atoms with Crippen LogP contribution in [0.5, 0.6) is 0 Å². The number of carbonyl (C=O) groups is 1. The summed E-state index contributed by atoms with van der Waals surface area (Å²) in [7, 11) is 0. The monoisotopic (exact) mass is 282 g/mol. The lowest BCUT2D eigenvalue weighted by Gasteiger charge is -2.06. The SMILES string of the molecule is O=C(NCc1ccccc1F)c1cnc2nccnc2c1.